The average Bonchev–Trinajstić information content (AvgIpc) is 3.13. The number of hydrogen-bond donors (Lipinski definition) is 2. The number of likely N-dealkylation sites (N-methyl/N-ethyl adjacent to an activating group) is 1. The highest BCUT2D eigenvalue weighted by atomic mass is 16.5. The molecule has 1 aromatic carbocycles. The maximum absolute atomic E-state index is 11.3. The highest BCUT2D eigenvalue weighted by Gasteiger charge is 2.25. The van der Waals surface area contributed by atoms with Crippen molar-refractivity contribution in [1.29, 1.82) is 0 Å². The predicted molar refractivity (Wildman–Crippen MR) is 74.3 cm³/mol. The van der Waals surface area contributed by atoms with E-state index in [0.717, 1.165) is 23.8 Å². The van der Waals surface area contributed by atoms with Crippen LogP contribution in [0.2, 0.25) is 0 Å². The van der Waals surface area contributed by atoms with Crippen LogP contribution in [0.3, 0.4) is 0 Å². The van der Waals surface area contributed by atoms with Gasteiger partial charge < -0.3 is 20.7 Å². The molecule has 0 aromatic heterocycles. The molecule has 3 N–H and O–H groups in total. The summed E-state index contributed by atoms with van der Waals surface area (Å²) in [5.74, 6) is 0.671. The summed E-state index contributed by atoms with van der Waals surface area (Å²) in [7, 11) is 2.12. The van der Waals surface area contributed by atoms with Crippen LogP contribution in [-0.2, 0) is 11.2 Å². The molecule has 1 fully saturated rings. The molecule has 1 aliphatic heterocycles. The summed E-state index contributed by atoms with van der Waals surface area (Å²) >= 11 is 0. The average molecular weight is 261 g/mol. The first kappa shape index (κ1) is 12.3. The Bertz CT molecular complexity index is 512. The van der Waals surface area contributed by atoms with Gasteiger partial charge in [-0.1, -0.05) is 0 Å². The molecule has 1 saturated carbocycles. The zero-order chi connectivity index (χ0) is 13.4. The molecule has 0 spiro atoms. The van der Waals surface area contributed by atoms with Gasteiger partial charge in [0.05, 0.1) is 12.1 Å². The number of ether oxygens (including phenoxy) is 1. The minimum absolute atomic E-state index is 0.0139. The van der Waals surface area contributed by atoms with Crippen LogP contribution in [0, 0.1) is 0 Å². The Morgan fingerprint density at radius 2 is 2.26 bits per heavy atom. The second-order valence-electron chi connectivity index (χ2n) is 5.33. The van der Waals surface area contributed by atoms with E-state index in [2.05, 4.69) is 17.3 Å². The third kappa shape index (κ3) is 2.66. The Labute approximate surface area is 112 Å². The Balaban J connectivity index is 1.61. The summed E-state index contributed by atoms with van der Waals surface area (Å²) < 4.78 is 5.73. The van der Waals surface area contributed by atoms with Crippen LogP contribution in [0.15, 0.2) is 12.1 Å². The topological polar surface area (TPSA) is 67.6 Å². The Hall–Kier alpha value is -1.75. The largest absolute Gasteiger partial charge is 0.490 e. The molecule has 1 amide bonds. The van der Waals surface area contributed by atoms with Gasteiger partial charge in [0, 0.05) is 24.3 Å². The number of nitrogen functional groups attached to an aromatic ring is 1. The van der Waals surface area contributed by atoms with Crippen LogP contribution in [0.5, 0.6) is 5.75 Å². The molecule has 19 heavy (non-hydrogen) atoms. The fourth-order valence-corrected chi connectivity index (χ4v) is 2.40. The van der Waals surface area contributed by atoms with Gasteiger partial charge >= 0.3 is 0 Å². The van der Waals surface area contributed by atoms with Crippen molar-refractivity contribution in [2.45, 2.75) is 25.3 Å². The second kappa shape index (κ2) is 4.74. The quantitative estimate of drug-likeness (QED) is 0.782. The van der Waals surface area contributed by atoms with Crippen LogP contribution in [0.1, 0.15) is 18.4 Å². The molecule has 1 aliphatic carbocycles. The van der Waals surface area contributed by atoms with Gasteiger partial charge in [-0.15, -0.1) is 0 Å². The summed E-state index contributed by atoms with van der Waals surface area (Å²) in [6.07, 6.45) is 3.00. The molecule has 0 bridgehead atoms. The van der Waals surface area contributed by atoms with E-state index in [9.17, 15) is 4.79 Å². The molecule has 0 atom stereocenters. The van der Waals surface area contributed by atoms with Gasteiger partial charge in [0.15, 0.2) is 0 Å². The first-order valence-electron chi connectivity index (χ1n) is 6.69. The summed E-state index contributed by atoms with van der Waals surface area (Å²) in [4.78, 5) is 13.6. The molecule has 1 aromatic rings. The molecular formula is C14H19N3O2. The Morgan fingerprint density at radius 3 is 3.00 bits per heavy atom. The summed E-state index contributed by atoms with van der Waals surface area (Å²) in [5.41, 5.74) is 8.32. The van der Waals surface area contributed by atoms with Crippen LogP contribution < -0.4 is 15.8 Å². The van der Waals surface area contributed by atoms with E-state index in [1.54, 1.807) is 0 Å². The number of fused-ring (bicyclic) bond motifs is 1. The number of carbonyl (C=O) groups is 1. The van der Waals surface area contributed by atoms with Gasteiger partial charge in [-0.3, -0.25) is 4.79 Å². The number of benzene rings is 1. The van der Waals surface area contributed by atoms with E-state index in [-0.39, 0.29) is 5.91 Å². The highest BCUT2D eigenvalue weighted by Crippen LogP contribution is 2.33. The van der Waals surface area contributed by atoms with Gasteiger partial charge in [0.1, 0.15) is 12.4 Å². The number of nitrogens with zero attached hydrogens (tertiary/aromatic N) is 1. The van der Waals surface area contributed by atoms with E-state index < -0.39 is 0 Å². The number of nitrogens with two attached hydrogens (primary N) is 1. The lowest BCUT2D eigenvalue weighted by atomic mass is 10.1. The van der Waals surface area contributed by atoms with Crippen LogP contribution in [0.25, 0.3) is 0 Å². The van der Waals surface area contributed by atoms with Crippen molar-refractivity contribution >= 4 is 17.3 Å². The number of carbonyl (C=O) groups excluding carboxylic acids is 1. The second-order valence-corrected chi connectivity index (χ2v) is 5.33. The normalized spacial score (nSPS) is 17.5. The van der Waals surface area contributed by atoms with Gasteiger partial charge in [0.2, 0.25) is 5.91 Å². The van der Waals surface area contributed by atoms with Gasteiger partial charge in [-0.25, -0.2) is 0 Å². The SMILES string of the molecule is CN(CCOc1cc2c(cc1N)CC(=O)N2)C1CC1. The van der Waals surface area contributed by atoms with E-state index in [1.165, 1.54) is 12.8 Å². The van der Waals surface area contributed by atoms with E-state index in [1.807, 2.05) is 12.1 Å². The Kier molecular flexibility index (Phi) is 3.06. The molecule has 0 radical (unpaired) electrons. The number of nitrogens with one attached hydrogen (secondary N) is 1. The predicted octanol–water partition coefficient (Wildman–Crippen LogP) is 1.24. The zero-order valence-corrected chi connectivity index (χ0v) is 11.1. The first-order chi connectivity index (χ1) is 9.13. The van der Waals surface area contributed by atoms with Gasteiger partial charge in [-0.05, 0) is 31.5 Å². The minimum Gasteiger partial charge on any atom is -0.490 e. The summed E-state index contributed by atoms with van der Waals surface area (Å²) in [5, 5.41) is 2.81. The molecule has 2 aliphatic rings. The molecule has 0 unspecified atom stereocenters. The molecule has 1 heterocycles. The summed E-state index contributed by atoms with van der Waals surface area (Å²) in [6.45, 7) is 1.51. The fourth-order valence-electron chi connectivity index (χ4n) is 2.40. The molecule has 102 valence electrons. The van der Waals surface area contributed by atoms with Crippen molar-refractivity contribution < 1.29 is 9.53 Å². The van der Waals surface area contributed by atoms with Gasteiger partial charge in [-0.2, -0.15) is 0 Å². The minimum atomic E-state index is 0.0139. The maximum atomic E-state index is 11.3. The van der Waals surface area contributed by atoms with E-state index >= 15 is 0 Å². The fraction of sp³-hybridized carbons (Fsp3) is 0.500. The molecule has 5 nitrogen and oxygen atoms in total. The van der Waals surface area contributed by atoms with Crippen molar-refractivity contribution in [3.05, 3.63) is 17.7 Å². The lowest BCUT2D eigenvalue weighted by Gasteiger charge is -2.17. The third-order valence-electron chi connectivity index (χ3n) is 3.73. The molecule has 0 saturated heterocycles. The summed E-state index contributed by atoms with van der Waals surface area (Å²) in [6, 6.07) is 4.39. The van der Waals surface area contributed by atoms with Crippen molar-refractivity contribution in [2.24, 2.45) is 0 Å². The first-order valence-corrected chi connectivity index (χ1v) is 6.69. The van der Waals surface area contributed by atoms with E-state index in [0.29, 0.717) is 24.5 Å². The zero-order valence-electron chi connectivity index (χ0n) is 11.1. The smallest absolute Gasteiger partial charge is 0.228 e. The standard InChI is InChI=1S/C14H19N3O2/c1-17(10-2-3-10)4-5-19-13-8-12-9(6-11(13)15)7-14(18)16-12/h6,8,10H,2-5,7,15H2,1H3,(H,16,18). The van der Waals surface area contributed by atoms with Gasteiger partial charge in [0.25, 0.3) is 0 Å². The molecule has 5 heteroatoms. The van der Waals surface area contributed by atoms with Crippen LogP contribution in [-0.4, -0.2) is 37.0 Å². The lowest BCUT2D eigenvalue weighted by molar-refractivity contribution is -0.115. The Morgan fingerprint density at radius 1 is 1.47 bits per heavy atom. The lowest BCUT2D eigenvalue weighted by Crippen LogP contribution is -2.26. The number of amides is 1. The monoisotopic (exact) mass is 261 g/mol. The van der Waals surface area contributed by atoms with Crippen LogP contribution in [0.4, 0.5) is 11.4 Å². The highest BCUT2D eigenvalue weighted by molar-refractivity contribution is 6.00. The van der Waals surface area contributed by atoms with Crippen molar-refractivity contribution in [3.8, 4) is 5.75 Å². The molecule has 3 rings (SSSR count). The number of hydrogen-bond acceptors (Lipinski definition) is 4. The number of anilines is 2. The maximum Gasteiger partial charge on any atom is 0.228 e. The number of rotatable bonds is 5. The third-order valence-corrected chi connectivity index (χ3v) is 3.73. The van der Waals surface area contributed by atoms with Crippen LogP contribution >= 0.6 is 0 Å². The van der Waals surface area contributed by atoms with Crippen molar-refractivity contribution in [2.75, 3.05) is 31.2 Å². The van der Waals surface area contributed by atoms with Crippen molar-refractivity contribution in [1.82, 2.24) is 4.90 Å². The van der Waals surface area contributed by atoms with Crippen molar-refractivity contribution in [3.63, 3.8) is 0 Å². The van der Waals surface area contributed by atoms with E-state index in [4.69, 9.17) is 10.5 Å². The molecular weight excluding hydrogens is 242 g/mol.